The average molecular weight is 338 g/mol. The van der Waals surface area contributed by atoms with Gasteiger partial charge in [-0.05, 0) is 17.5 Å². The molecule has 0 saturated heterocycles. The van der Waals surface area contributed by atoms with E-state index in [1.807, 2.05) is 6.07 Å². The molecule has 0 saturated carbocycles. The van der Waals surface area contributed by atoms with Crippen LogP contribution in [0.5, 0.6) is 11.8 Å². The molecule has 0 unspecified atom stereocenters. The third-order valence-electron chi connectivity index (χ3n) is 3.65. The molecule has 4 aromatic rings. The van der Waals surface area contributed by atoms with E-state index in [2.05, 4.69) is 35.8 Å². The van der Waals surface area contributed by atoms with Crippen LogP contribution in [0.4, 0.5) is 0 Å². The predicted molar refractivity (Wildman–Crippen MR) is 92.6 cm³/mol. The molecule has 0 aliphatic carbocycles. The lowest BCUT2D eigenvalue weighted by atomic mass is 9.99. The van der Waals surface area contributed by atoms with Crippen LogP contribution in [0.15, 0.2) is 41.1 Å². The smallest absolute Gasteiger partial charge is 0.229 e. The van der Waals surface area contributed by atoms with Crippen LogP contribution < -0.4 is 4.74 Å². The van der Waals surface area contributed by atoms with E-state index in [0.29, 0.717) is 35.2 Å². The van der Waals surface area contributed by atoms with E-state index in [4.69, 9.17) is 9.15 Å². The lowest BCUT2D eigenvalue weighted by Crippen LogP contribution is -2.17. The molecule has 0 amide bonds. The molecule has 0 fully saturated rings. The molecule has 0 aromatic carbocycles. The number of hydrogen-bond donors (Lipinski definition) is 1. The number of imidazole rings is 1. The van der Waals surface area contributed by atoms with Crippen molar-refractivity contribution >= 4 is 16.6 Å². The molecule has 128 valence electrons. The topological polar surface area (TPSA) is 85.7 Å². The summed E-state index contributed by atoms with van der Waals surface area (Å²) >= 11 is 0. The first kappa shape index (κ1) is 15.4. The second-order valence-corrected chi connectivity index (χ2v) is 7.09. The zero-order valence-electron chi connectivity index (χ0n) is 14.2. The third-order valence-corrected chi connectivity index (χ3v) is 3.65. The highest BCUT2D eigenvalue weighted by atomic mass is 16.5. The second-order valence-electron chi connectivity index (χ2n) is 7.09. The lowest BCUT2D eigenvalue weighted by molar-refractivity contribution is 0.193. The van der Waals surface area contributed by atoms with Crippen molar-refractivity contribution in [1.82, 2.24) is 19.6 Å². The maximum Gasteiger partial charge on any atom is 0.229 e. The van der Waals surface area contributed by atoms with Crippen LogP contribution in [-0.4, -0.2) is 31.3 Å². The summed E-state index contributed by atoms with van der Waals surface area (Å²) in [4.78, 5) is 8.60. The normalized spacial score (nSPS) is 12.1. The van der Waals surface area contributed by atoms with Gasteiger partial charge < -0.3 is 14.3 Å². The second kappa shape index (κ2) is 5.47. The van der Waals surface area contributed by atoms with Gasteiger partial charge in [0.15, 0.2) is 11.4 Å². The molecule has 0 bridgehead atoms. The minimum atomic E-state index is -0.0845. The minimum absolute atomic E-state index is 0.0273. The van der Waals surface area contributed by atoms with Gasteiger partial charge in [-0.15, -0.1) is 5.10 Å². The number of aromatic hydroxyl groups is 1. The predicted octanol–water partition coefficient (Wildman–Crippen LogP) is 3.67. The Kier molecular flexibility index (Phi) is 3.38. The number of rotatable bonds is 3. The van der Waals surface area contributed by atoms with Crippen molar-refractivity contribution in [3.05, 3.63) is 36.7 Å². The van der Waals surface area contributed by atoms with E-state index < -0.39 is 0 Å². The van der Waals surface area contributed by atoms with E-state index in [0.717, 1.165) is 5.39 Å². The maximum atomic E-state index is 9.63. The highest BCUT2D eigenvalue weighted by Crippen LogP contribution is 2.33. The fraction of sp³-hybridized carbons (Fsp3) is 0.278. The van der Waals surface area contributed by atoms with Crippen LogP contribution in [0.25, 0.3) is 28.1 Å². The standard InChI is InChI=1S/C18H18N4O3/c1-18(2,3)10-24-17-11-8-14(25-13(11)6-7-19-17)12-9-20-15-4-5-16(23)21-22(12)15/h4-9H,10H2,1-3H3,(H,21,23). The highest BCUT2D eigenvalue weighted by Gasteiger charge is 2.17. The Morgan fingerprint density at radius 2 is 2.04 bits per heavy atom. The SMILES string of the molecule is CC(C)(C)COc1nccc2oc(-c3cnc4ccc(O)nn34)cc12. The van der Waals surface area contributed by atoms with Crippen LogP contribution in [-0.2, 0) is 0 Å². The Hall–Kier alpha value is -3.09. The zero-order valence-corrected chi connectivity index (χ0v) is 14.2. The summed E-state index contributed by atoms with van der Waals surface area (Å²) in [7, 11) is 0. The lowest BCUT2D eigenvalue weighted by Gasteiger charge is -2.18. The van der Waals surface area contributed by atoms with Gasteiger partial charge in [-0.25, -0.2) is 14.5 Å². The first-order valence-electron chi connectivity index (χ1n) is 7.96. The molecule has 7 nitrogen and oxygen atoms in total. The molecule has 0 atom stereocenters. The number of hydrogen-bond acceptors (Lipinski definition) is 6. The molecule has 0 aliphatic heterocycles. The van der Waals surface area contributed by atoms with Crippen molar-refractivity contribution < 1.29 is 14.3 Å². The summed E-state index contributed by atoms with van der Waals surface area (Å²) in [5.41, 5.74) is 1.96. The number of ether oxygens (including phenoxy) is 1. The van der Waals surface area contributed by atoms with Gasteiger partial charge in [0.25, 0.3) is 0 Å². The van der Waals surface area contributed by atoms with E-state index in [9.17, 15) is 5.11 Å². The minimum Gasteiger partial charge on any atom is -0.492 e. The number of fused-ring (bicyclic) bond motifs is 2. The van der Waals surface area contributed by atoms with Crippen molar-refractivity contribution in [2.24, 2.45) is 5.41 Å². The van der Waals surface area contributed by atoms with Gasteiger partial charge in [-0.3, -0.25) is 0 Å². The Balaban J connectivity index is 1.79. The fourth-order valence-corrected chi connectivity index (χ4v) is 2.50. The van der Waals surface area contributed by atoms with E-state index in [1.54, 1.807) is 24.5 Å². The van der Waals surface area contributed by atoms with E-state index in [-0.39, 0.29) is 11.3 Å². The zero-order chi connectivity index (χ0) is 17.6. The van der Waals surface area contributed by atoms with Crippen LogP contribution >= 0.6 is 0 Å². The molecule has 0 aliphatic rings. The molecular formula is C18H18N4O3. The molecule has 25 heavy (non-hydrogen) atoms. The van der Waals surface area contributed by atoms with Gasteiger partial charge in [0, 0.05) is 18.3 Å². The Morgan fingerprint density at radius 3 is 2.84 bits per heavy atom. The largest absolute Gasteiger partial charge is 0.492 e. The summed E-state index contributed by atoms with van der Waals surface area (Å²) in [6, 6.07) is 6.83. The number of furan rings is 1. The van der Waals surface area contributed by atoms with Gasteiger partial charge in [0.05, 0.1) is 18.2 Å². The number of aromatic nitrogens is 4. The maximum absolute atomic E-state index is 9.63. The average Bonchev–Trinajstić information content (AvgIpc) is 3.15. The summed E-state index contributed by atoms with van der Waals surface area (Å²) in [6.45, 7) is 6.85. The molecular weight excluding hydrogens is 320 g/mol. The molecule has 4 aromatic heterocycles. The van der Waals surface area contributed by atoms with Gasteiger partial charge in [-0.2, -0.15) is 0 Å². The highest BCUT2D eigenvalue weighted by molar-refractivity contribution is 5.86. The van der Waals surface area contributed by atoms with Crippen LogP contribution in [0.3, 0.4) is 0 Å². The van der Waals surface area contributed by atoms with Crippen LogP contribution in [0.1, 0.15) is 20.8 Å². The molecule has 1 N–H and O–H groups in total. The summed E-state index contributed by atoms with van der Waals surface area (Å²) < 4.78 is 13.3. The number of pyridine rings is 1. The van der Waals surface area contributed by atoms with Crippen molar-refractivity contribution in [1.29, 1.82) is 0 Å². The molecule has 4 rings (SSSR count). The van der Waals surface area contributed by atoms with Crippen LogP contribution in [0.2, 0.25) is 0 Å². The fourth-order valence-electron chi connectivity index (χ4n) is 2.50. The molecule has 7 heteroatoms. The summed E-state index contributed by atoms with van der Waals surface area (Å²) in [6.07, 6.45) is 3.31. The van der Waals surface area contributed by atoms with Crippen molar-refractivity contribution in [3.8, 4) is 23.2 Å². The number of nitrogens with zero attached hydrogens (tertiary/aromatic N) is 4. The van der Waals surface area contributed by atoms with Crippen molar-refractivity contribution in [2.75, 3.05) is 6.61 Å². The molecule has 4 heterocycles. The Bertz CT molecular complexity index is 1060. The Labute approximate surface area is 143 Å². The van der Waals surface area contributed by atoms with Crippen molar-refractivity contribution in [2.45, 2.75) is 20.8 Å². The quantitative estimate of drug-likeness (QED) is 0.613. The monoisotopic (exact) mass is 338 g/mol. The first-order valence-corrected chi connectivity index (χ1v) is 7.96. The molecule has 0 spiro atoms. The van der Waals surface area contributed by atoms with Crippen molar-refractivity contribution in [3.63, 3.8) is 0 Å². The summed E-state index contributed by atoms with van der Waals surface area (Å²) in [5.74, 6) is 1.03. The van der Waals surface area contributed by atoms with Gasteiger partial charge in [0.1, 0.15) is 11.3 Å². The molecule has 0 radical (unpaired) electrons. The third kappa shape index (κ3) is 2.88. The van der Waals surface area contributed by atoms with Gasteiger partial charge in [-0.1, -0.05) is 20.8 Å². The van der Waals surface area contributed by atoms with Gasteiger partial charge >= 0.3 is 0 Å². The van der Waals surface area contributed by atoms with E-state index in [1.165, 1.54) is 10.6 Å². The summed E-state index contributed by atoms with van der Waals surface area (Å²) in [5, 5.41) is 14.5. The first-order chi connectivity index (χ1) is 11.9. The Morgan fingerprint density at radius 1 is 1.20 bits per heavy atom. The van der Waals surface area contributed by atoms with E-state index >= 15 is 0 Å². The van der Waals surface area contributed by atoms with Crippen LogP contribution in [0, 0.1) is 5.41 Å². The van der Waals surface area contributed by atoms with Gasteiger partial charge in [0.2, 0.25) is 11.8 Å².